The van der Waals surface area contributed by atoms with Crippen LogP contribution in [0.5, 0.6) is 5.75 Å². The molecule has 1 aromatic heterocycles. The lowest BCUT2D eigenvalue weighted by molar-refractivity contribution is -0.114. The van der Waals surface area contributed by atoms with Crippen LogP contribution in [0.15, 0.2) is 30.3 Å². The van der Waals surface area contributed by atoms with E-state index in [4.69, 9.17) is 10.6 Å². The number of anilines is 2. The van der Waals surface area contributed by atoms with Gasteiger partial charge in [0.25, 0.3) is 0 Å². The van der Waals surface area contributed by atoms with E-state index in [0.717, 1.165) is 0 Å². The van der Waals surface area contributed by atoms with Crippen molar-refractivity contribution in [3.05, 3.63) is 30.3 Å². The van der Waals surface area contributed by atoms with E-state index in [-0.39, 0.29) is 18.1 Å². The van der Waals surface area contributed by atoms with Crippen molar-refractivity contribution in [2.45, 2.75) is 39.3 Å². The Hall–Kier alpha value is -2.75. The molecule has 6 N–H and O–H groups in total. The Bertz CT molecular complexity index is 789. The number of amides is 1. The second-order valence-corrected chi connectivity index (χ2v) is 7.44. The molecule has 1 unspecified atom stereocenters. The summed E-state index contributed by atoms with van der Waals surface area (Å²) in [5, 5.41) is 24.3. The zero-order valence-corrected chi connectivity index (χ0v) is 16.6. The van der Waals surface area contributed by atoms with Gasteiger partial charge in [0, 0.05) is 36.3 Å². The van der Waals surface area contributed by atoms with Crippen LogP contribution in [0.25, 0.3) is 11.3 Å². The molecule has 1 aromatic carbocycles. The van der Waals surface area contributed by atoms with Crippen LogP contribution in [-0.2, 0) is 4.79 Å². The molecule has 1 amide bonds. The van der Waals surface area contributed by atoms with Crippen molar-refractivity contribution in [3.63, 3.8) is 0 Å². The van der Waals surface area contributed by atoms with E-state index < -0.39 is 6.10 Å². The fourth-order valence-corrected chi connectivity index (χ4v) is 2.36. The standard InChI is InChI=1S/C19H28N6O3/c1-12(26)22-13-5-6-15(16-7-8-18(23-20)25-24-16)17(9-13)28-11-14(27)10-21-19(2,3)4/h5-9,14,21,27H,10-11,20H2,1-4H3,(H,22,26)(H,23,25). The fraction of sp³-hybridized carbons (Fsp3) is 0.421. The molecule has 9 heteroatoms. The molecule has 0 fully saturated rings. The molecule has 0 spiro atoms. The van der Waals surface area contributed by atoms with Crippen LogP contribution in [0.2, 0.25) is 0 Å². The highest BCUT2D eigenvalue weighted by atomic mass is 16.5. The molecule has 2 rings (SSSR count). The van der Waals surface area contributed by atoms with Gasteiger partial charge in [0.15, 0.2) is 5.82 Å². The number of nitrogens with one attached hydrogen (secondary N) is 3. The highest BCUT2D eigenvalue weighted by molar-refractivity contribution is 5.89. The van der Waals surface area contributed by atoms with Gasteiger partial charge in [-0.2, -0.15) is 0 Å². The summed E-state index contributed by atoms with van der Waals surface area (Å²) in [5.41, 5.74) is 4.16. The lowest BCUT2D eigenvalue weighted by atomic mass is 10.1. The maximum Gasteiger partial charge on any atom is 0.221 e. The van der Waals surface area contributed by atoms with Crippen LogP contribution in [0.1, 0.15) is 27.7 Å². The maximum absolute atomic E-state index is 11.4. The molecule has 0 aliphatic heterocycles. The van der Waals surface area contributed by atoms with Crippen molar-refractivity contribution in [3.8, 4) is 17.0 Å². The Kier molecular flexibility index (Phi) is 7.27. The van der Waals surface area contributed by atoms with Crippen molar-refractivity contribution < 1.29 is 14.6 Å². The first-order valence-corrected chi connectivity index (χ1v) is 8.96. The smallest absolute Gasteiger partial charge is 0.221 e. The molecule has 152 valence electrons. The van der Waals surface area contributed by atoms with Gasteiger partial charge < -0.3 is 25.9 Å². The average Bonchev–Trinajstić information content (AvgIpc) is 2.64. The summed E-state index contributed by atoms with van der Waals surface area (Å²) < 4.78 is 5.85. The van der Waals surface area contributed by atoms with Gasteiger partial charge in [-0.1, -0.05) is 0 Å². The molecule has 0 saturated carbocycles. The largest absolute Gasteiger partial charge is 0.490 e. The van der Waals surface area contributed by atoms with E-state index in [0.29, 0.717) is 35.1 Å². The van der Waals surface area contributed by atoms with Crippen molar-refractivity contribution >= 4 is 17.4 Å². The molecule has 2 aromatic rings. The summed E-state index contributed by atoms with van der Waals surface area (Å²) in [6, 6.07) is 8.66. The van der Waals surface area contributed by atoms with E-state index in [1.165, 1.54) is 6.92 Å². The number of carbonyl (C=O) groups is 1. The van der Waals surface area contributed by atoms with E-state index in [1.807, 2.05) is 20.8 Å². The Morgan fingerprint density at radius 2 is 2.00 bits per heavy atom. The number of hydrogen-bond acceptors (Lipinski definition) is 8. The second-order valence-electron chi connectivity index (χ2n) is 7.44. The first kappa shape index (κ1) is 21.5. The quantitative estimate of drug-likeness (QED) is 0.339. The van der Waals surface area contributed by atoms with Gasteiger partial charge in [0.05, 0.1) is 5.69 Å². The SMILES string of the molecule is CC(=O)Nc1ccc(-c2ccc(NN)nn2)c(OCC(O)CNC(C)(C)C)c1. The van der Waals surface area contributed by atoms with Gasteiger partial charge in [-0.25, -0.2) is 5.84 Å². The van der Waals surface area contributed by atoms with E-state index in [1.54, 1.807) is 30.3 Å². The first-order chi connectivity index (χ1) is 13.2. The minimum absolute atomic E-state index is 0.0788. The molecule has 28 heavy (non-hydrogen) atoms. The molecule has 1 heterocycles. The number of aliphatic hydroxyl groups excluding tert-OH is 1. The van der Waals surface area contributed by atoms with E-state index in [2.05, 4.69) is 26.3 Å². The Morgan fingerprint density at radius 1 is 1.25 bits per heavy atom. The number of carbonyl (C=O) groups excluding carboxylic acids is 1. The topological polar surface area (TPSA) is 134 Å². The molecule has 0 aliphatic carbocycles. The zero-order valence-electron chi connectivity index (χ0n) is 16.6. The van der Waals surface area contributed by atoms with Crippen LogP contribution in [0, 0.1) is 0 Å². The summed E-state index contributed by atoms with van der Waals surface area (Å²) in [6.45, 7) is 7.97. The molecule has 0 radical (unpaired) electrons. The van der Waals surface area contributed by atoms with Crippen molar-refractivity contribution in [1.29, 1.82) is 0 Å². The summed E-state index contributed by atoms with van der Waals surface area (Å²) in [5.74, 6) is 6.05. The summed E-state index contributed by atoms with van der Waals surface area (Å²) in [7, 11) is 0. The van der Waals surface area contributed by atoms with Crippen molar-refractivity contribution in [2.75, 3.05) is 23.9 Å². The number of nitrogens with two attached hydrogens (primary N) is 1. The number of β-amino-alcohol motifs (C(OH)–C–C–N with tert-alkyl or cyclic N) is 1. The number of rotatable bonds is 8. The van der Waals surface area contributed by atoms with Crippen LogP contribution >= 0.6 is 0 Å². The first-order valence-electron chi connectivity index (χ1n) is 8.96. The maximum atomic E-state index is 11.4. The number of hydrogen-bond donors (Lipinski definition) is 5. The van der Waals surface area contributed by atoms with Crippen LogP contribution in [0.3, 0.4) is 0 Å². The van der Waals surface area contributed by atoms with Crippen LogP contribution in [0.4, 0.5) is 11.5 Å². The third kappa shape index (κ3) is 6.76. The Labute approximate surface area is 164 Å². The number of hydrazine groups is 1. The lowest BCUT2D eigenvalue weighted by Crippen LogP contribution is -2.42. The zero-order chi connectivity index (χ0) is 20.7. The number of aromatic nitrogens is 2. The Balaban J connectivity index is 2.20. The lowest BCUT2D eigenvalue weighted by Gasteiger charge is -2.23. The van der Waals surface area contributed by atoms with E-state index in [9.17, 15) is 9.90 Å². The fourth-order valence-electron chi connectivity index (χ4n) is 2.36. The van der Waals surface area contributed by atoms with Crippen molar-refractivity contribution in [2.24, 2.45) is 5.84 Å². The number of benzene rings is 1. The molecule has 0 saturated heterocycles. The molecule has 0 aliphatic rings. The second kappa shape index (κ2) is 9.45. The summed E-state index contributed by atoms with van der Waals surface area (Å²) >= 11 is 0. The van der Waals surface area contributed by atoms with Gasteiger partial charge in [0.1, 0.15) is 18.5 Å². The van der Waals surface area contributed by atoms with Gasteiger partial charge in [-0.3, -0.25) is 4.79 Å². The monoisotopic (exact) mass is 388 g/mol. The predicted molar refractivity (Wildman–Crippen MR) is 109 cm³/mol. The number of nitrogens with zero attached hydrogens (tertiary/aromatic N) is 2. The van der Waals surface area contributed by atoms with Gasteiger partial charge >= 0.3 is 0 Å². The van der Waals surface area contributed by atoms with E-state index >= 15 is 0 Å². The highest BCUT2D eigenvalue weighted by Gasteiger charge is 2.15. The number of nitrogen functional groups attached to an aromatic ring is 1. The third-order valence-electron chi connectivity index (χ3n) is 3.69. The van der Waals surface area contributed by atoms with Gasteiger partial charge in [-0.05, 0) is 45.0 Å². The molecular weight excluding hydrogens is 360 g/mol. The predicted octanol–water partition coefficient (Wildman–Crippen LogP) is 1.52. The van der Waals surface area contributed by atoms with Gasteiger partial charge in [-0.15, -0.1) is 10.2 Å². The van der Waals surface area contributed by atoms with Crippen molar-refractivity contribution in [1.82, 2.24) is 15.5 Å². The molecule has 1 atom stereocenters. The average molecular weight is 388 g/mol. The highest BCUT2D eigenvalue weighted by Crippen LogP contribution is 2.31. The molecule has 0 bridgehead atoms. The third-order valence-corrected chi connectivity index (χ3v) is 3.69. The molecular formula is C19H28N6O3. The minimum Gasteiger partial charge on any atom is -0.490 e. The summed E-state index contributed by atoms with van der Waals surface area (Å²) in [4.78, 5) is 11.4. The number of ether oxygens (including phenoxy) is 1. The minimum atomic E-state index is -0.702. The molecule has 9 nitrogen and oxygen atoms in total. The van der Waals surface area contributed by atoms with Crippen LogP contribution in [-0.4, -0.2) is 46.0 Å². The van der Waals surface area contributed by atoms with Crippen LogP contribution < -0.4 is 26.6 Å². The number of aliphatic hydroxyl groups is 1. The normalized spacial score (nSPS) is 12.4. The summed E-state index contributed by atoms with van der Waals surface area (Å²) in [6.07, 6.45) is -0.702. The van der Waals surface area contributed by atoms with Gasteiger partial charge in [0.2, 0.25) is 5.91 Å². The Morgan fingerprint density at radius 3 is 2.57 bits per heavy atom.